The second-order valence-corrected chi connectivity index (χ2v) is 7.59. The van der Waals surface area contributed by atoms with Gasteiger partial charge in [-0.2, -0.15) is 0 Å². The topological polar surface area (TPSA) is 35.9 Å². The van der Waals surface area contributed by atoms with E-state index in [9.17, 15) is 5.11 Å². The lowest BCUT2D eigenvalue weighted by molar-refractivity contribution is 0.109. The maximum absolute atomic E-state index is 10.7. The van der Waals surface area contributed by atoms with Gasteiger partial charge < -0.3 is 14.7 Å². The Morgan fingerprint density at radius 2 is 1.88 bits per heavy atom. The first-order chi connectivity index (χ1) is 12.6. The number of rotatable bonds is 4. The second-order valence-electron chi connectivity index (χ2n) is 7.59. The van der Waals surface area contributed by atoms with Crippen molar-refractivity contribution in [2.24, 2.45) is 0 Å². The largest absolute Gasteiger partial charge is 0.490 e. The second kappa shape index (κ2) is 7.29. The van der Waals surface area contributed by atoms with Gasteiger partial charge in [-0.25, -0.2) is 0 Å². The van der Waals surface area contributed by atoms with Gasteiger partial charge >= 0.3 is 0 Å². The first-order valence-electron chi connectivity index (χ1n) is 9.60. The first kappa shape index (κ1) is 17.4. The molecule has 0 unspecified atom stereocenters. The lowest BCUT2D eigenvalue weighted by Crippen LogP contribution is -2.47. The van der Waals surface area contributed by atoms with Crippen LogP contribution in [-0.4, -0.2) is 48.8 Å². The van der Waals surface area contributed by atoms with Crippen LogP contribution in [0.25, 0.3) is 0 Å². The number of aryl methyl sites for hydroxylation is 1. The molecule has 26 heavy (non-hydrogen) atoms. The Morgan fingerprint density at radius 1 is 1.12 bits per heavy atom. The van der Waals surface area contributed by atoms with Crippen molar-refractivity contribution in [3.63, 3.8) is 0 Å². The number of benzene rings is 2. The molecule has 4 rings (SSSR count). The van der Waals surface area contributed by atoms with Crippen molar-refractivity contribution < 1.29 is 9.84 Å². The van der Waals surface area contributed by atoms with E-state index >= 15 is 0 Å². The number of aliphatic hydroxyl groups excluding tert-OH is 1. The van der Waals surface area contributed by atoms with Crippen molar-refractivity contribution in [1.29, 1.82) is 0 Å². The number of hydrogen-bond acceptors (Lipinski definition) is 4. The number of para-hydroxylation sites is 1. The summed E-state index contributed by atoms with van der Waals surface area (Å²) in [5.41, 5.74) is 4.89. The molecule has 2 aliphatic rings. The standard InChI is InChI=1S/C22H28N2O2/c1-16-5-3-4-6-20(16)24-11-9-23(10-12-24)15-21(25)18-7-8-22-19(14-18)13-17(2)26-22/h3-8,14,17,21,25H,9-13,15H2,1-2H3/t17-,21+/m0/s1. The Balaban J connectivity index is 1.34. The van der Waals surface area contributed by atoms with Crippen LogP contribution in [0, 0.1) is 6.92 Å². The fourth-order valence-electron chi connectivity index (χ4n) is 4.09. The summed E-state index contributed by atoms with van der Waals surface area (Å²) in [5, 5.41) is 10.7. The molecule has 2 aromatic carbocycles. The Hall–Kier alpha value is -2.04. The monoisotopic (exact) mass is 352 g/mol. The van der Waals surface area contributed by atoms with Gasteiger partial charge in [0.25, 0.3) is 0 Å². The minimum atomic E-state index is -0.443. The Morgan fingerprint density at radius 3 is 2.65 bits per heavy atom. The molecule has 0 spiro atoms. The summed E-state index contributed by atoms with van der Waals surface area (Å²) in [4.78, 5) is 4.82. The van der Waals surface area contributed by atoms with Crippen LogP contribution in [0.3, 0.4) is 0 Å². The van der Waals surface area contributed by atoms with E-state index in [2.05, 4.69) is 54.0 Å². The number of fused-ring (bicyclic) bond motifs is 1. The molecule has 1 fully saturated rings. The van der Waals surface area contributed by atoms with Crippen LogP contribution >= 0.6 is 0 Å². The third-order valence-corrected chi connectivity index (χ3v) is 5.56. The summed E-state index contributed by atoms with van der Waals surface area (Å²) in [6, 6.07) is 14.7. The molecule has 0 bridgehead atoms. The van der Waals surface area contributed by atoms with Gasteiger partial charge in [0.15, 0.2) is 0 Å². The highest BCUT2D eigenvalue weighted by molar-refractivity contribution is 5.53. The van der Waals surface area contributed by atoms with E-state index in [0.717, 1.165) is 43.9 Å². The van der Waals surface area contributed by atoms with E-state index < -0.39 is 6.10 Å². The van der Waals surface area contributed by atoms with Crippen molar-refractivity contribution in [3.8, 4) is 5.75 Å². The number of aliphatic hydroxyl groups is 1. The molecule has 2 aromatic rings. The fraction of sp³-hybridized carbons (Fsp3) is 0.455. The molecule has 0 saturated carbocycles. The van der Waals surface area contributed by atoms with E-state index in [4.69, 9.17) is 4.74 Å². The van der Waals surface area contributed by atoms with Crippen LogP contribution in [0.1, 0.15) is 29.7 Å². The zero-order valence-electron chi connectivity index (χ0n) is 15.7. The molecular weight excluding hydrogens is 324 g/mol. The molecule has 2 atom stereocenters. The summed E-state index contributed by atoms with van der Waals surface area (Å²) in [5.74, 6) is 0.972. The zero-order valence-corrected chi connectivity index (χ0v) is 15.7. The average molecular weight is 352 g/mol. The van der Waals surface area contributed by atoms with E-state index in [1.54, 1.807) is 0 Å². The summed E-state index contributed by atoms with van der Waals surface area (Å²) in [6.45, 7) is 8.93. The number of nitrogens with zero attached hydrogens (tertiary/aromatic N) is 2. The summed E-state index contributed by atoms with van der Waals surface area (Å²) < 4.78 is 5.76. The Kier molecular flexibility index (Phi) is 4.88. The van der Waals surface area contributed by atoms with E-state index in [-0.39, 0.29) is 6.10 Å². The minimum absolute atomic E-state index is 0.243. The van der Waals surface area contributed by atoms with Crippen LogP contribution in [-0.2, 0) is 6.42 Å². The number of β-amino-alcohol motifs (C(OH)–C–C–N with tert-alkyl or cyclic N) is 1. The van der Waals surface area contributed by atoms with Gasteiger partial charge in [-0.1, -0.05) is 24.3 Å². The molecule has 2 heterocycles. The third kappa shape index (κ3) is 3.57. The highest BCUT2D eigenvalue weighted by Crippen LogP contribution is 2.31. The zero-order chi connectivity index (χ0) is 18.1. The summed E-state index contributed by atoms with van der Waals surface area (Å²) in [6.07, 6.45) is 0.735. The summed E-state index contributed by atoms with van der Waals surface area (Å²) >= 11 is 0. The SMILES string of the molecule is Cc1ccccc1N1CCN(C[C@@H](O)c2ccc3c(c2)C[C@H](C)O3)CC1. The van der Waals surface area contributed by atoms with Crippen LogP contribution < -0.4 is 9.64 Å². The molecule has 138 valence electrons. The number of ether oxygens (including phenoxy) is 1. The predicted molar refractivity (Wildman–Crippen MR) is 105 cm³/mol. The molecular formula is C22H28N2O2. The van der Waals surface area contributed by atoms with Crippen LogP contribution in [0.4, 0.5) is 5.69 Å². The minimum Gasteiger partial charge on any atom is -0.490 e. The smallest absolute Gasteiger partial charge is 0.123 e. The molecule has 1 saturated heterocycles. The lowest BCUT2D eigenvalue weighted by Gasteiger charge is -2.37. The van der Waals surface area contributed by atoms with Crippen LogP contribution in [0.5, 0.6) is 5.75 Å². The Bertz CT molecular complexity index is 768. The van der Waals surface area contributed by atoms with Crippen LogP contribution in [0.2, 0.25) is 0 Å². The van der Waals surface area contributed by atoms with E-state index in [1.807, 2.05) is 12.1 Å². The lowest BCUT2D eigenvalue weighted by atomic mass is 10.0. The molecule has 0 amide bonds. The van der Waals surface area contributed by atoms with E-state index in [0.29, 0.717) is 6.54 Å². The molecule has 4 heteroatoms. The molecule has 0 aromatic heterocycles. The fourth-order valence-corrected chi connectivity index (χ4v) is 4.09. The molecule has 2 aliphatic heterocycles. The van der Waals surface area contributed by atoms with Crippen molar-refractivity contribution in [1.82, 2.24) is 4.90 Å². The quantitative estimate of drug-likeness (QED) is 0.917. The van der Waals surface area contributed by atoms with Gasteiger partial charge in [0.05, 0.1) is 6.10 Å². The van der Waals surface area contributed by atoms with Crippen LogP contribution in [0.15, 0.2) is 42.5 Å². The average Bonchev–Trinajstić information content (AvgIpc) is 3.02. The highest BCUT2D eigenvalue weighted by Gasteiger charge is 2.23. The number of hydrogen-bond donors (Lipinski definition) is 1. The maximum Gasteiger partial charge on any atom is 0.123 e. The highest BCUT2D eigenvalue weighted by atomic mass is 16.5. The Labute approximate surface area is 156 Å². The van der Waals surface area contributed by atoms with Gasteiger partial charge in [0.2, 0.25) is 0 Å². The molecule has 4 nitrogen and oxygen atoms in total. The summed E-state index contributed by atoms with van der Waals surface area (Å²) in [7, 11) is 0. The van der Waals surface area contributed by atoms with Gasteiger partial charge in [0, 0.05) is 44.8 Å². The van der Waals surface area contributed by atoms with Crippen molar-refractivity contribution >= 4 is 5.69 Å². The number of anilines is 1. The normalized spacial score (nSPS) is 21.3. The first-order valence-corrected chi connectivity index (χ1v) is 9.60. The van der Waals surface area contributed by atoms with Gasteiger partial charge in [0.1, 0.15) is 11.9 Å². The molecule has 1 N–H and O–H groups in total. The maximum atomic E-state index is 10.7. The van der Waals surface area contributed by atoms with Gasteiger partial charge in [-0.3, -0.25) is 4.90 Å². The third-order valence-electron chi connectivity index (χ3n) is 5.56. The molecule has 0 radical (unpaired) electrons. The van der Waals surface area contributed by atoms with Crippen molar-refractivity contribution in [2.45, 2.75) is 32.5 Å². The number of piperazine rings is 1. The van der Waals surface area contributed by atoms with Crippen molar-refractivity contribution in [3.05, 3.63) is 59.2 Å². The van der Waals surface area contributed by atoms with Gasteiger partial charge in [-0.15, -0.1) is 0 Å². The van der Waals surface area contributed by atoms with Crippen molar-refractivity contribution in [2.75, 3.05) is 37.6 Å². The molecule has 0 aliphatic carbocycles. The predicted octanol–water partition coefficient (Wildman–Crippen LogP) is 3.17. The van der Waals surface area contributed by atoms with Gasteiger partial charge in [-0.05, 0) is 48.7 Å². The van der Waals surface area contributed by atoms with E-state index in [1.165, 1.54) is 16.8 Å².